The Bertz CT molecular complexity index is 1770. The summed E-state index contributed by atoms with van der Waals surface area (Å²) in [4.78, 5) is 30.5. The van der Waals surface area contributed by atoms with Crippen molar-refractivity contribution < 1.29 is 18.0 Å². The van der Waals surface area contributed by atoms with Gasteiger partial charge in [-0.2, -0.15) is 0 Å². The highest BCUT2D eigenvalue weighted by Crippen LogP contribution is 2.31. The molecule has 5 rings (SSSR count). The van der Waals surface area contributed by atoms with Crippen molar-refractivity contribution >= 4 is 39.1 Å². The van der Waals surface area contributed by atoms with Crippen LogP contribution in [-0.4, -0.2) is 43.8 Å². The first-order valence-corrected chi connectivity index (χ1v) is 18.0. The Kier molecular flexibility index (Phi) is 11.4. The van der Waals surface area contributed by atoms with Crippen molar-refractivity contribution in [2.24, 2.45) is 0 Å². The molecular weight excluding hydrogens is 630 g/mol. The Morgan fingerprint density at radius 3 is 2.15 bits per heavy atom. The molecule has 47 heavy (non-hydrogen) atoms. The third-order valence-electron chi connectivity index (χ3n) is 8.83. The summed E-state index contributed by atoms with van der Waals surface area (Å²) in [6.45, 7) is 3.42. The van der Waals surface area contributed by atoms with Crippen LogP contribution in [0, 0.1) is 13.8 Å². The molecule has 2 amide bonds. The number of carbonyl (C=O) groups is 2. The lowest BCUT2D eigenvalue weighted by Gasteiger charge is -2.35. The van der Waals surface area contributed by atoms with E-state index in [1.54, 1.807) is 41.3 Å². The van der Waals surface area contributed by atoms with Gasteiger partial charge in [0.2, 0.25) is 11.8 Å². The van der Waals surface area contributed by atoms with Crippen LogP contribution in [0.5, 0.6) is 0 Å². The van der Waals surface area contributed by atoms with Gasteiger partial charge in [-0.25, -0.2) is 8.42 Å². The average molecular weight is 672 g/mol. The number of hydrogen-bond donors (Lipinski definition) is 1. The second kappa shape index (κ2) is 15.6. The molecule has 0 radical (unpaired) electrons. The van der Waals surface area contributed by atoms with Crippen LogP contribution in [0.25, 0.3) is 0 Å². The molecule has 1 aliphatic rings. The summed E-state index contributed by atoms with van der Waals surface area (Å²) in [6, 6.07) is 29.5. The number of nitrogens with one attached hydrogen (secondary N) is 1. The van der Waals surface area contributed by atoms with E-state index in [1.165, 1.54) is 12.1 Å². The van der Waals surface area contributed by atoms with E-state index in [9.17, 15) is 18.0 Å². The lowest BCUT2D eigenvalue weighted by Crippen LogP contribution is -2.55. The van der Waals surface area contributed by atoms with Gasteiger partial charge in [0.25, 0.3) is 10.0 Å². The maximum atomic E-state index is 14.7. The average Bonchev–Trinajstić information content (AvgIpc) is 3.07. The summed E-state index contributed by atoms with van der Waals surface area (Å²) < 4.78 is 29.5. The first kappa shape index (κ1) is 34.2. The highest BCUT2D eigenvalue weighted by Gasteiger charge is 2.36. The van der Waals surface area contributed by atoms with Gasteiger partial charge in [-0.3, -0.25) is 13.9 Å². The zero-order valence-corrected chi connectivity index (χ0v) is 28.5. The fourth-order valence-corrected chi connectivity index (χ4v) is 7.79. The number of benzene rings is 4. The van der Waals surface area contributed by atoms with Crippen LogP contribution < -0.4 is 9.62 Å². The molecule has 4 aromatic rings. The SMILES string of the molecule is Cc1ccc(S(=O)(=O)N(CC(=O)N(Cc2ccccc2C)[C@H](Cc2ccccc2)C(=O)NC2CCCCC2)c2ccccc2Cl)cc1. The minimum absolute atomic E-state index is 0.0338. The van der Waals surface area contributed by atoms with Gasteiger partial charge < -0.3 is 10.2 Å². The Hall–Kier alpha value is -4.14. The van der Waals surface area contributed by atoms with Crippen molar-refractivity contribution in [3.63, 3.8) is 0 Å². The van der Waals surface area contributed by atoms with Crippen LogP contribution in [0.3, 0.4) is 0 Å². The van der Waals surface area contributed by atoms with Crippen LogP contribution in [0.4, 0.5) is 5.69 Å². The quantitative estimate of drug-likeness (QED) is 0.172. The van der Waals surface area contributed by atoms with E-state index in [-0.39, 0.29) is 40.5 Å². The summed E-state index contributed by atoms with van der Waals surface area (Å²) in [7, 11) is -4.23. The number of sulfonamides is 1. The predicted molar refractivity (Wildman–Crippen MR) is 188 cm³/mol. The van der Waals surface area contributed by atoms with Crippen LogP contribution in [0.2, 0.25) is 5.02 Å². The summed E-state index contributed by atoms with van der Waals surface area (Å²) in [5, 5.41) is 3.44. The van der Waals surface area contributed by atoms with E-state index >= 15 is 0 Å². The molecule has 0 aromatic heterocycles. The smallest absolute Gasteiger partial charge is 0.264 e. The van der Waals surface area contributed by atoms with E-state index in [0.29, 0.717) is 0 Å². The molecule has 9 heteroatoms. The molecular formula is C38H42ClN3O4S. The first-order valence-electron chi connectivity index (χ1n) is 16.2. The van der Waals surface area contributed by atoms with Crippen molar-refractivity contribution in [2.45, 2.75) is 75.9 Å². The van der Waals surface area contributed by atoms with Crippen LogP contribution in [-0.2, 0) is 32.6 Å². The van der Waals surface area contributed by atoms with E-state index in [0.717, 1.165) is 58.7 Å². The van der Waals surface area contributed by atoms with Crippen molar-refractivity contribution in [2.75, 3.05) is 10.8 Å². The normalized spacial score (nSPS) is 14.3. The zero-order valence-electron chi connectivity index (χ0n) is 26.9. The van der Waals surface area contributed by atoms with Gasteiger partial charge in [0, 0.05) is 19.0 Å². The number of halogens is 1. The molecule has 0 aliphatic heterocycles. The van der Waals surface area contributed by atoms with E-state index in [4.69, 9.17) is 11.6 Å². The Morgan fingerprint density at radius 1 is 0.830 bits per heavy atom. The number of amides is 2. The Labute approximate surface area is 283 Å². The highest BCUT2D eigenvalue weighted by atomic mass is 35.5. The first-order chi connectivity index (χ1) is 22.6. The topological polar surface area (TPSA) is 86.8 Å². The number of aryl methyl sites for hydroxylation is 2. The van der Waals surface area contributed by atoms with Crippen LogP contribution >= 0.6 is 11.6 Å². The lowest BCUT2D eigenvalue weighted by molar-refractivity contribution is -0.140. The Balaban J connectivity index is 1.58. The third-order valence-corrected chi connectivity index (χ3v) is 10.9. The summed E-state index contributed by atoms with van der Waals surface area (Å²) in [5.41, 5.74) is 3.82. The number of para-hydroxylation sites is 1. The standard InChI is InChI=1S/C38H42ClN3O4S/c1-28-21-23-33(24-22-28)47(45,46)42(35-20-12-11-19-34(35)39)27-37(43)41(26-31-16-10-9-13-29(31)2)36(25-30-14-5-3-6-15-30)38(44)40-32-17-7-4-8-18-32/h3,5-6,9-16,19-24,32,36H,4,7-8,17-18,25-27H2,1-2H3,(H,40,44)/t36-/m1/s1. The van der Waals surface area contributed by atoms with Gasteiger partial charge >= 0.3 is 0 Å². The number of nitrogens with zero attached hydrogens (tertiary/aromatic N) is 2. The fraction of sp³-hybridized carbons (Fsp3) is 0.316. The molecule has 4 aromatic carbocycles. The molecule has 0 saturated heterocycles. The van der Waals surface area contributed by atoms with Gasteiger partial charge in [0.1, 0.15) is 12.6 Å². The molecule has 0 unspecified atom stereocenters. The van der Waals surface area contributed by atoms with Gasteiger partial charge in [-0.15, -0.1) is 0 Å². The van der Waals surface area contributed by atoms with E-state index in [2.05, 4.69) is 5.32 Å². The second-order valence-electron chi connectivity index (χ2n) is 12.3. The predicted octanol–water partition coefficient (Wildman–Crippen LogP) is 7.24. The molecule has 0 heterocycles. The van der Waals surface area contributed by atoms with Crippen molar-refractivity contribution in [1.29, 1.82) is 0 Å². The zero-order chi connectivity index (χ0) is 33.4. The van der Waals surface area contributed by atoms with Gasteiger partial charge in [-0.1, -0.05) is 115 Å². The summed E-state index contributed by atoms with van der Waals surface area (Å²) in [6.07, 6.45) is 5.29. The van der Waals surface area contributed by atoms with E-state index in [1.807, 2.05) is 68.4 Å². The monoisotopic (exact) mass is 671 g/mol. The number of carbonyl (C=O) groups excluding carboxylic acids is 2. The summed E-state index contributed by atoms with van der Waals surface area (Å²) in [5.74, 6) is -0.753. The van der Waals surface area contributed by atoms with Crippen LogP contribution in [0.1, 0.15) is 54.4 Å². The van der Waals surface area contributed by atoms with Gasteiger partial charge in [0.15, 0.2) is 0 Å². The van der Waals surface area contributed by atoms with Gasteiger partial charge in [0.05, 0.1) is 15.6 Å². The Morgan fingerprint density at radius 2 is 1.47 bits per heavy atom. The fourth-order valence-electron chi connectivity index (χ4n) is 6.07. The molecule has 246 valence electrons. The highest BCUT2D eigenvalue weighted by molar-refractivity contribution is 7.92. The molecule has 1 atom stereocenters. The number of rotatable bonds is 12. The summed E-state index contributed by atoms with van der Waals surface area (Å²) >= 11 is 6.58. The minimum Gasteiger partial charge on any atom is -0.352 e. The molecule has 0 bridgehead atoms. The third kappa shape index (κ3) is 8.62. The van der Waals surface area contributed by atoms with Crippen molar-refractivity contribution in [1.82, 2.24) is 10.2 Å². The molecule has 1 fully saturated rings. The number of anilines is 1. The van der Waals surface area contributed by atoms with Crippen molar-refractivity contribution in [3.05, 3.63) is 130 Å². The maximum Gasteiger partial charge on any atom is 0.264 e. The number of hydrogen-bond acceptors (Lipinski definition) is 4. The largest absolute Gasteiger partial charge is 0.352 e. The second-order valence-corrected chi connectivity index (χ2v) is 14.5. The molecule has 1 N–H and O–H groups in total. The lowest BCUT2D eigenvalue weighted by atomic mass is 9.94. The molecule has 1 aliphatic carbocycles. The maximum absolute atomic E-state index is 14.7. The molecule has 1 saturated carbocycles. The minimum atomic E-state index is -4.23. The molecule has 0 spiro atoms. The van der Waals surface area contributed by atoms with Crippen molar-refractivity contribution in [3.8, 4) is 0 Å². The van der Waals surface area contributed by atoms with E-state index < -0.39 is 28.5 Å². The molecule has 7 nitrogen and oxygen atoms in total. The van der Waals surface area contributed by atoms with Crippen LogP contribution in [0.15, 0.2) is 108 Å². The van der Waals surface area contributed by atoms with Gasteiger partial charge in [-0.05, 0) is 67.6 Å².